The Morgan fingerprint density at radius 3 is 0.624 bits per heavy atom. The Labute approximate surface area is 670 Å². The van der Waals surface area contributed by atoms with Gasteiger partial charge in [-0.2, -0.15) is 0 Å². The molecule has 0 radical (unpaired) electrons. The zero-order valence-electron chi connectivity index (χ0n) is 71.9. The maximum atomic E-state index is 13.2. The Kier molecular flexibility index (Phi) is 79.8. The Morgan fingerprint density at radius 2 is 0.422 bits per heavy atom. The van der Waals surface area contributed by atoms with Gasteiger partial charge in [-0.15, -0.1) is 0 Å². The number of aliphatic hydroxyl groups is 1. The maximum Gasteiger partial charge on any atom is 0.472 e. The van der Waals surface area contributed by atoms with Crippen LogP contribution in [0, 0.1) is 11.8 Å². The maximum absolute atomic E-state index is 13.2. The minimum absolute atomic E-state index is 0.108. The van der Waals surface area contributed by atoms with Crippen molar-refractivity contribution in [2.45, 2.75) is 503 Å². The Hall–Kier alpha value is -1.94. The van der Waals surface area contributed by atoms with Crippen LogP contribution in [0.2, 0.25) is 0 Å². The van der Waals surface area contributed by atoms with Gasteiger partial charge >= 0.3 is 39.5 Å². The van der Waals surface area contributed by atoms with Crippen molar-refractivity contribution in [2.24, 2.45) is 11.8 Å². The van der Waals surface area contributed by atoms with Crippen molar-refractivity contribution in [1.29, 1.82) is 0 Å². The summed E-state index contributed by atoms with van der Waals surface area (Å²) in [6, 6.07) is 0. The number of rotatable bonds is 89. The molecule has 0 spiro atoms. The van der Waals surface area contributed by atoms with E-state index in [1.54, 1.807) is 0 Å². The van der Waals surface area contributed by atoms with Crippen molar-refractivity contribution < 1.29 is 80.2 Å². The zero-order valence-corrected chi connectivity index (χ0v) is 73.7. The molecule has 0 aromatic carbocycles. The topological polar surface area (TPSA) is 237 Å². The third kappa shape index (κ3) is 83.8. The molecule has 0 aromatic rings. The molecule has 0 saturated carbocycles. The lowest BCUT2D eigenvalue weighted by Crippen LogP contribution is -2.30. The van der Waals surface area contributed by atoms with E-state index in [0.29, 0.717) is 25.7 Å². The van der Waals surface area contributed by atoms with Gasteiger partial charge < -0.3 is 33.8 Å². The summed E-state index contributed by atoms with van der Waals surface area (Å²) in [6.07, 6.45) is 75.1. The number of hydrogen-bond acceptors (Lipinski definition) is 15. The van der Waals surface area contributed by atoms with Crippen LogP contribution in [0.15, 0.2) is 0 Å². The first-order chi connectivity index (χ1) is 52.9. The number of hydrogen-bond donors (Lipinski definition) is 3. The molecule has 0 aliphatic rings. The lowest BCUT2D eigenvalue weighted by molar-refractivity contribution is -0.161. The summed E-state index contributed by atoms with van der Waals surface area (Å²) in [5.74, 6) is -0.533. The fourth-order valence-electron chi connectivity index (χ4n) is 14.1. The largest absolute Gasteiger partial charge is 0.472 e. The molecule has 0 saturated heterocycles. The van der Waals surface area contributed by atoms with Crippen LogP contribution in [0.4, 0.5) is 0 Å². The van der Waals surface area contributed by atoms with Crippen molar-refractivity contribution in [3.8, 4) is 0 Å². The van der Waals surface area contributed by atoms with E-state index in [0.717, 1.165) is 102 Å². The first-order valence-electron chi connectivity index (χ1n) is 46.5. The minimum atomic E-state index is -4.97. The summed E-state index contributed by atoms with van der Waals surface area (Å²) >= 11 is 0. The van der Waals surface area contributed by atoms with Gasteiger partial charge in [-0.3, -0.25) is 37.3 Å². The highest BCUT2D eigenvalue weighted by atomic mass is 31.2. The number of phosphoric acid groups is 2. The van der Waals surface area contributed by atoms with E-state index in [4.69, 9.17) is 37.0 Å². The Morgan fingerprint density at radius 1 is 0.248 bits per heavy atom. The van der Waals surface area contributed by atoms with Gasteiger partial charge in [0.2, 0.25) is 0 Å². The predicted octanol–water partition coefficient (Wildman–Crippen LogP) is 27.8. The van der Waals surface area contributed by atoms with Crippen LogP contribution in [0.5, 0.6) is 0 Å². The van der Waals surface area contributed by atoms with E-state index in [2.05, 4.69) is 41.5 Å². The highest BCUT2D eigenvalue weighted by Gasteiger charge is 2.31. The van der Waals surface area contributed by atoms with Crippen molar-refractivity contribution in [2.75, 3.05) is 39.6 Å². The monoisotopic (exact) mass is 1590 g/mol. The normalized spacial score (nSPS) is 13.8. The van der Waals surface area contributed by atoms with Crippen LogP contribution in [0.3, 0.4) is 0 Å². The smallest absolute Gasteiger partial charge is 0.462 e. The first-order valence-corrected chi connectivity index (χ1v) is 49.5. The van der Waals surface area contributed by atoms with Crippen LogP contribution < -0.4 is 0 Å². The number of carbonyl (C=O) groups excluding carboxylic acids is 4. The molecule has 648 valence electrons. The molecular formula is C90H176O17P2. The van der Waals surface area contributed by atoms with E-state index >= 15 is 0 Å². The molecule has 109 heavy (non-hydrogen) atoms. The third-order valence-corrected chi connectivity index (χ3v) is 23.1. The summed E-state index contributed by atoms with van der Waals surface area (Å²) in [7, 11) is -9.93. The number of carbonyl (C=O) groups is 4. The molecule has 0 aliphatic carbocycles. The van der Waals surface area contributed by atoms with E-state index in [-0.39, 0.29) is 25.7 Å². The second kappa shape index (κ2) is 81.2. The van der Waals surface area contributed by atoms with Crippen LogP contribution in [-0.4, -0.2) is 96.7 Å². The summed E-state index contributed by atoms with van der Waals surface area (Å²) < 4.78 is 69.0. The molecule has 2 unspecified atom stereocenters. The average Bonchev–Trinajstić information content (AvgIpc) is 0.910. The molecule has 3 N–H and O–H groups in total. The lowest BCUT2D eigenvalue weighted by atomic mass is 10.0. The molecule has 0 amide bonds. The van der Waals surface area contributed by atoms with Crippen molar-refractivity contribution in [1.82, 2.24) is 0 Å². The van der Waals surface area contributed by atoms with Crippen molar-refractivity contribution >= 4 is 39.5 Å². The Bertz CT molecular complexity index is 2080. The molecule has 0 aromatic heterocycles. The minimum Gasteiger partial charge on any atom is -0.462 e. The molecule has 19 heteroatoms. The van der Waals surface area contributed by atoms with E-state index in [9.17, 15) is 43.2 Å². The highest BCUT2D eigenvalue weighted by Crippen LogP contribution is 2.45. The van der Waals surface area contributed by atoms with Gasteiger partial charge in [0.25, 0.3) is 0 Å². The number of unbranched alkanes of at least 4 members (excludes halogenated alkanes) is 59. The van der Waals surface area contributed by atoms with Gasteiger partial charge in [0.1, 0.15) is 19.3 Å². The molecule has 0 aliphatic heterocycles. The number of ether oxygens (including phenoxy) is 4. The first kappa shape index (κ1) is 107. The van der Waals surface area contributed by atoms with Crippen LogP contribution in [-0.2, 0) is 65.4 Å². The summed E-state index contributed by atoms with van der Waals surface area (Å²) in [4.78, 5) is 73.4. The van der Waals surface area contributed by atoms with Crippen molar-refractivity contribution in [3.63, 3.8) is 0 Å². The Balaban J connectivity index is 5.24. The third-order valence-electron chi connectivity index (χ3n) is 21.2. The molecular weight excluding hydrogens is 1410 g/mol. The van der Waals surface area contributed by atoms with Crippen molar-refractivity contribution in [3.05, 3.63) is 0 Å². The molecule has 17 nitrogen and oxygen atoms in total. The molecule has 5 atom stereocenters. The zero-order chi connectivity index (χ0) is 79.9. The van der Waals surface area contributed by atoms with Gasteiger partial charge in [-0.25, -0.2) is 9.13 Å². The molecule has 0 heterocycles. The fourth-order valence-corrected chi connectivity index (χ4v) is 15.7. The molecule has 0 bridgehead atoms. The quantitative estimate of drug-likeness (QED) is 0.0222. The summed E-state index contributed by atoms with van der Waals surface area (Å²) in [6.45, 7) is 9.71. The van der Waals surface area contributed by atoms with Gasteiger partial charge in [-0.1, -0.05) is 433 Å². The van der Waals surface area contributed by atoms with Crippen LogP contribution in [0.25, 0.3) is 0 Å². The lowest BCUT2D eigenvalue weighted by Gasteiger charge is -2.21. The van der Waals surface area contributed by atoms with E-state index in [1.807, 2.05) is 0 Å². The average molecular weight is 1590 g/mol. The standard InChI is InChI=1S/C90H176O17P2/c1-7-9-11-13-15-17-19-21-23-24-25-26-27-31-35-38-42-48-54-60-66-72-87(92)100-78-85(106-90(95)75-69-63-57-50-44-40-36-32-29-28-30-34-37-41-46-52-58-64-70-82(3)4)80-104-108(96,97)102-76-84(91)77-103-109(98,99)105-81-86(79-101-88(93)73-67-61-55-51-45-47-53-59-65-71-83(5)6)107-89(94)74-68-62-56-49-43-39-33-22-20-18-16-14-12-10-8-2/h82-86,91H,7-81H2,1-6H3,(H,96,97)(H,98,99)/t84-,85-,86-/m1/s1. The number of phosphoric ester groups is 2. The van der Waals surface area contributed by atoms with Gasteiger partial charge in [0.05, 0.1) is 26.4 Å². The van der Waals surface area contributed by atoms with Gasteiger partial charge in [-0.05, 0) is 37.5 Å². The summed E-state index contributed by atoms with van der Waals surface area (Å²) in [5.41, 5.74) is 0. The number of aliphatic hydroxyl groups excluding tert-OH is 1. The molecule has 0 fully saturated rings. The van der Waals surface area contributed by atoms with Gasteiger partial charge in [0, 0.05) is 25.7 Å². The predicted molar refractivity (Wildman–Crippen MR) is 451 cm³/mol. The second-order valence-electron chi connectivity index (χ2n) is 33.3. The fraction of sp³-hybridized carbons (Fsp3) is 0.956. The van der Waals surface area contributed by atoms with Crippen LogP contribution in [0.1, 0.15) is 485 Å². The molecule has 0 rings (SSSR count). The number of esters is 4. The highest BCUT2D eigenvalue weighted by molar-refractivity contribution is 7.47. The second-order valence-corrected chi connectivity index (χ2v) is 36.2. The van der Waals surface area contributed by atoms with E-state index < -0.39 is 97.5 Å². The van der Waals surface area contributed by atoms with Gasteiger partial charge in [0.15, 0.2) is 12.2 Å². The van der Waals surface area contributed by atoms with E-state index in [1.165, 1.54) is 302 Å². The van der Waals surface area contributed by atoms with Crippen LogP contribution >= 0.6 is 15.6 Å². The SMILES string of the molecule is CCCCCCCCCCCCCCCCCCCCCCCC(=O)OC[C@H](COP(=O)(O)OC[C@@H](O)COP(=O)(O)OC[C@@H](COC(=O)CCCCCCCCCCCC(C)C)OC(=O)CCCCCCCCCCCCCCCCC)OC(=O)CCCCCCCCCCCCCCCCCCCCC(C)C. The summed E-state index contributed by atoms with van der Waals surface area (Å²) in [5, 5.41) is 10.7.